The average Bonchev–Trinajstić information content (AvgIpc) is 2.81. The molecule has 7 heteroatoms. The number of nitrogens with one attached hydrogen (secondary N) is 2. The van der Waals surface area contributed by atoms with Gasteiger partial charge in [0.25, 0.3) is 0 Å². The van der Waals surface area contributed by atoms with Gasteiger partial charge in [0, 0.05) is 16.0 Å². The molecule has 4 aromatic rings. The Bertz CT molecular complexity index is 1220. The van der Waals surface area contributed by atoms with Gasteiger partial charge in [0.2, 0.25) is 0 Å². The second-order valence-corrected chi connectivity index (χ2v) is 7.84. The highest BCUT2D eigenvalue weighted by Gasteiger charge is 2.16. The highest BCUT2D eigenvalue weighted by atomic mass is 35.5. The molecule has 2 amide bonds. The minimum atomic E-state index is -0.383. The van der Waals surface area contributed by atoms with E-state index >= 15 is 0 Å². The number of halogens is 1. The van der Waals surface area contributed by atoms with Gasteiger partial charge in [-0.2, -0.15) is 0 Å². The molecule has 31 heavy (non-hydrogen) atoms. The Morgan fingerprint density at radius 3 is 2.32 bits per heavy atom. The number of amides is 2. The lowest BCUT2D eigenvalue weighted by Gasteiger charge is -2.14. The van der Waals surface area contributed by atoms with Crippen molar-refractivity contribution >= 4 is 40.8 Å². The van der Waals surface area contributed by atoms with E-state index in [-0.39, 0.29) is 6.03 Å². The molecule has 0 radical (unpaired) electrons. The third-order valence-electron chi connectivity index (χ3n) is 4.55. The second kappa shape index (κ2) is 9.64. The molecule has 1 aromatic heterocycles. The summed E-state index contributed by atoms with van der Waals surface area (Å²) < 4.78 is 0. The van der Waals surface area contributed by atoms with Crippen LogP contribution in [0.2, 0.25) is 5.02 Å². The average molecular weight is 447 g/mol. The minimum Gasteiger partial charge on any atom is -0.307 e. The van der Waals surface area contributed by atoms with Gasteiger partial charge in [-0.3, -0.25) is 0 Å². The fraction of sp³-hybridized carbons (Fsp3) is 0.0417. The van der Waals surface area contributed by atoms with Crippen LogP contribution < -0.4 is 10.6 Å². The number of rotatable bonds is 5. The number of para-hydroxylation sites is 1. The van der Waals surface area contributed by atoms with Gasteiger partial charge in [-0.1, -0.05) is 72.3 Å². The maximum atomic E-state index is 12.8. The molecular weight excluding hydrogens is 428 g/mol. The topological polar surface area (TPSA) is 66.9 Å². The fourth-order valence-corrected chi connectivity index (χ4v) is 3.86. The number of thioether (sulfide) groups is 1. The Kier molecular flexibility index (Phi) is 6.50. The van der Waals surface area contributed by atoms with Crippen molar-refractivity contribution in [1.82, 2.24) is 9.97 Å². The van der Waals surface area contributed by atoms with Crippen LogP contribution in [0.4, 0.5) is 16.2 Å². The third-order valence-corrected chi connectivity index (χ3v) is 5.68. The fourth-order valence-electron chi connectivity index (χ4n) is 3.08. The van der Waals surface area contributed by atoms with E-state index in [1.807, 2.05) is 79.1 Å². The summed E-state index contributed by atoms with van der Waals surface area (Å²) in [6.45, 7) is 0. The van der Waals surface area contributed by atoms with E-state index < -0.39 is 0 Å². The van der Waals surface area contributed by atoms with Crippen molar-refractivity contribution in [2.45, 2.75) is 4.90 Å². The van der Waals surface area contributed by atoms with Crippen LogP contribution in [0.5, 0.6) is 0 Å². The first-order chi connectivity index (χ1) is 15.2. The van der Waals surface area contributed by atoms with Gasteiger partial charge in [0.1, 0.15) is 0 Å². The van der Waals surface area contributed by atoms with E-state index in [1.165, 1.54) is 0 Å². The highest BCUT2D eigenvalue weighted by Crippen LogP contribution is 2.33. The molecule has 0 unspecified atom stereocenters. The summed E-state index contributed by atoms with van der Waals surface area (Å²) >= 11 is 8.00. The number of urea groups is 1. The maximum Gasteiger partial charge on any atom is 0.323 e. The van der Waals surface area contributed by atoms with Crippen molar-refractivity contribution in [2.75, 3.05) is 16.9 Å². The van der Waals surface area contributed by atoms with Crippen LogP contribution >= 0.6 is 23.4 Å². The SMILES string of the molecule is CSc1ccccc1NC(=O)Nc1cnc(-c2ccccc2)nc1-c1ccccc1Cl. The van der Waals surface area contributed by atoms with E-state index in [0.29, 0.717) is 27.8 Å². The summed E-state index contributed by atoms with van der Waals surface area (Å²) in [6.07, 6.45) is 3.57. The Hall–Kier alpha value is -3.35. The molecule has 0 fully saturated rings. The standard InChI is InChI=1S/C24H19ClN4OS/c1-31-21-14-8-7-13-19(21)27-24(30)28-20-15-26-23(16-9-3-2-4-10-16)29-22(20)17-11-5-6-12-18(17)25/h2-15H,1H3,(H2,27,28,30). The van der Waals surface area contributed by atoms with Crippen molar-refractivity contribution in [1.29, 1.82) is 0 Å². The van der Waals surface area contributed by atoms with Crippen LogP contribution in [0.3, 0.4) is 0 Å². The van der Waals surface area contributed by atoms with E-state index in [4.69, 9.17) is 16.6 Å². The molecule has 154 valence electrons. The number of hydrogen-bond acceptors (Lipinski definition) is 4. The number of carbonyl (C=O) groups is 1. The quantitative estimate of drug-likeness (QED) is 0.330. The molecule has 0 aliphatic rings. The molecule has 0 atom stereocenters. The van der Waals surface area contributed by atoms with Crippen molar-refractivity contribution < 1.29 is 4.79 Å². The van der Waals surface area contributed by atoms with Crippen molar-refractivity contribution in [3.05, 3.63) is 90.1 Å². The lowest BCUT2D eigenvalue weighted by molar-refractivity contribution is 0.262. The van der Waals surface area contributed by atoms with Gasteiger partial charge in [0.05, 0.1) is 28.3 Å². The third kappa shape index (κ3) is 4.87. The highest BCUT2D eigenvalue weighted by molar-refractivity contribution is 7.98. The molecule has 0 aliphatic carbocycles. The van der Waals surface area contributed by atoms with Gasteiger partial charge in [-0.05, 0) is 24.5 Å². The number of carbonyl (C=O) groups excluding carboxylic acids is 1. The zero-order chi connectivity index (χ0) is 21.6. The van der Waals surface area contributed by atoms with Crippen LogP contribution in [0.15, 0.2) is 90.0 Å². The van der Waals surface area contributed by atoms with E-state index in [0.717, 1.165) is 16.1 Å². The summed E-state index contributed by atoms with van der Waals surface area (Å²) in [4.78, 5) is 22.9. The molecule has 0 saturated heterocycles. The molecule has 0 bridgehead atoms. The summed E-state index contributed by atoms with van der Waals surface area (Å²) in [7, 11) is 0. The summed E-state index contributed by atoms with van der Waals surface area (Å²) in [5.74, 6) is 0.550. The molecule has 0 spiro atoms. The van der Waals surface area contributed by atoms with Crippen LogP contribution in [0.1, 0.15) is 0 Å². The number of nitrogens with zero attached hydrogens (tertiary/aromatic N) is 2. The van der Waals surface area contributed by atoms with E-state index in [1.54, 1.807) is 24.0 Å². The minimum absolute atomic E-state index is 0.383. The molecule has 0 saturated carbocycles. The number of anilines is 2. The Morgan fingerprint density at radius 1 is 0.871 bits per heavy atom. The van der Waals surface area contributed by atoms with Gasteiger partial charge in [0.15, 0.2) is 5.82 Å². The zero-order valence-electron chi connectivity index (χ0n) is 16.7. The number of benzene rings is 3. The Balaban J connectivity index is 1.70. The second-order valence-electron chi connectivity index (χ2n) is 6.58. The molecule has 4 rings (SSSR count). The molecule has 2 N–H and O–H groups in total. The predicted molar refractivity (Wildman–Crippen MR) is 129 cm³/mol. The van der Waals surface area contributed by atoms with Crippen molar-refractivity contribution in [2.24, 2.45) is 0 Å². The first-order valence-electron chi connectivity index (χ1n) is 9.54. The van der Waals surface area contributed by atoms with Crippen LogP contribution in [-0.2, 0) is 0 Å². The molecule has 3 aromatic carbocycles. The first-order valence-corrected chi connectivity index (χ1v) is 11.1. The molecule has 5 nitrogen and oxygen atoms in total. The number of hydrogen-bond donors (Lipinski definition) is 2. The summed E-state index contributed by atoms with van der Waals surface area (Å²) in [5.41, 5.74) is 3.33. The monoisotopic (exact) mass is 446 g/mol. The predicted octanol–water partition coefficient (Wildman–Crippen LogP) is 6.83. The maximum absolute atomic E-state index is 12.8. The molecule has 1 heterocycles. The first kappa shape index (κ1) is 20.9. The van der Waals surface area contributed by atoms with Gasteiger partial charge < -0.3 is 10.6 Å². The van der Waals surface area contributed by atoms with E-state index in [2.05, 4.69) is 15.6 Å². The molecular formula is C24H19ClN4OS. The van der Waals surface area contributed by atoms with Crippen LogP contribution in [-0.4, -0.2) is 22.3 Å². The van der Waals surface area contributed by atoms with Gasteiger partial charge >= 0.3 is 6.03 Å². The van der Waals surface area contributed by atoms with Gasteiger partial charge in [-0.15, -0.1) is 11.8 Å². The van der Waals surface area contributed by atoms with E-state index in [9.17, 15) is 4.79 Å². The Labute approximate surface area is 189 Å². The van der Waals surface area contributed by atoms with Gasteiger partial charge in [-0.25, -0.2) is 14.8 Å². The normalized spacial score (nSPS) is 10.5. The summed E-state index contributed by atoms with van der Waals surface area (Å²) in [5, 5.41) is 6.30. The van der Waals surface area contributed by atoms with Crippen LogP contribution in [0.25, 0.3) is 22.6 Å². The zero-order valence-corrected chi connectivity index (χ0v) is 18.2. The Morgan fingerprint density at radius 2 is 1.55 bits per heavy atom. The lowest BCUT2D eigenvalue weighted by atomic mass is 10.1. The smallest absolute Gasteiger partial charge is 0.307 e. The van der Waals surface area contributed by atoms with Crippen molar-refractivity contribution in [3.8, 4) is 22.6 Å². The van der Waals surface area contributed by atoms with Crippen molar-refractivity contribution in [3.63, 3.8) is 0 Å². The number of aromatic nitrogens is 2. The summed E-state index contributed by atoms with van der Waals surface area (Å²) in [6, 6.07) is 24.3. The largest absolute Gasteiger partial charge is 0.323 e. The molecule has 0 aliphatic heterocycles. The van der Waals surface area contributed by atoms with Crippen LogP contribution in [0, 0.1) is 0 Å². The lowest BCUT2D eigenvalue weighted by Crippen LogP contribution is -2.20.